The topological polar surface area (TPSA) is 75.6 Å². The van der Waals surface area contributed by atoms with E-state index in [1.54, 1.807) is 26.0 Å². The molecule has 114 valence electrons. The van der Waals surface area contributed by atoms with Gasteiger partial charge in [0.25, 0.3) is 5.91 Å². The van der Waals surface area contributed by atoms with Crippen LogP contribution in [0.5, 0.6) is 0 Å². The van der Waals surface area contributed by atoms with E-state index in [0.29, 0.717) is 17.7 Å². The molecule has 0 saturated carbocycles. The summed E-state index contributed by atoms with van der Waals surface area (Å²) in [6.45, 7) is 4.59. The van der Waals surface area contributed by atoms with Crippen molar-refractivity contribution in [3.05, 3.63) is 34.4 Å². The first-order chi connectivity index (χ1) is 10.0. The second-order valence-corrected chi connectivity index (χ2v) is 5.45. The molecule has 0 aliphatic carbocycles. The zero-order valence-electron chi connectivity index (χ0n) is 12.4. The molecule has 0 bridgehead atoms. The highest BCUT2D eigenvalue weighted by molar-refractivity contribution is 6.06. The Labute approximate surface area is 124 Å². The molecule has 5 heteroatoms. The first-order valence-electron chi connectivity index (χ1n) is 7.24. The van der Waals surface area contributed by atoms with Crippen molar-refractivity contribution in [3.8, 4) is 0 Å². The molecular weight excluding hydrogens is 270 g/mol. The zero-order chi connectivity index (χ0) is 15.4. The summed E-state index contributed by atoms with van der Waals surface area (Å²) in [6, 6.07) is 3.49. The summed E-state index contributed by atoms with van der Waals surface area (Å²) < 4.78 is 5.56. The highest BCUT2D eigenvalue weighted by atomic mass is 16.5. The molecule has 1 atom stereocenters. The Morgan fingerprint density at radius 3 is 2.48 bits per heavy atom. The van der Waals surface area contributed by atoms with Gasteiger partial charge >= 0.3 is 5.97 Å². The summed E-state index contributed by atoms with van der Waals surface area (Å²) in [5, 5.41) is 12.1. The minimum absolute atomic E-state index is 0.0288. The van der Waals surface area contributed by atoms with Gasteiger partial charge in [-0.05, 0) is 44.2 Å². The lowest BCUT2D eigenvalue weighted by Gasteiger charge is -2.23. The number of ether oxygens (including phenoxy) is 1. The molecule has 0 radical (unpaired) electrons. The average Bonchev–Trinajstić information content (AvgIpc) is 2.47. The number of benzene rings is 1. The van der Waals surface area contributed by atoms with E-state index >= 15 is 0 Å². The second kappa shape index (κ2) is 6.72. The smallest absolute Gasteiger partial charge is 0.336 e. The van der Waals surface area contributed by atoms with Crippen molar-refractivity contribution >= 4 is 11.9 Å². The van der Waals surface area contributed by atoms with Gasteiger partial charge in [-0.1, -0.05) is 12.1 Å². The number of rotatable bonds is 4. The van der Waals surface area contributed by atoms with E-state index in [9.17, 15) is 14.7 Å². The number of carbonyl (C=O) groups excluding carboxylic acids is 1. The molecule has 1 unspecified atom stereocenters. The van der Waals surface area contributed by atoms with Gasteiger partial charge < -0.3 is 15.2 Å². The molecule has 5 nitrogen and oxygen atoms in total. The Hall–Kier alpha value is -1.88. The molecule has 2 rings (SSSR count). The van der Waals surface area contributed by atoms with Crippen LogP contribution in [0.1, 0.15) is 51.1 Å². The molecule has 1 aromatic carbocycles. The quantitative estimate of drug-likeness (QED) is 0.892. The lowest BCUT2D eigenvalue weighted by Crippen LogP contribution is -2.36. The molecule has 0 aromatic heterocycles. The van der Waals surface area contributed by atoms with Crippen LogP contribution in [-0.2, 0) is 4.74 Å². The Balaban J connectivity index is 2.14. The summed E-state index contributed by atoms with van der Waals surface area (Å²) in [6.07, 6.45) is 3.12. The summed E-state index contributed by atoms with van der Waals surface area (Å²) in [7, 11) is 0. The van der Waals surface area contributed by atoms with Gasteiger partial charge in [-0.2, -0.15) is 0 Å². The Morgan fingerprint density at radius 2 is 1.90 bits per heavy atom. The SMILES string of the molecule is Cc1ccc(C)c(C(=O)NCC2CCCCO2)c1C(=O)O. The molecule has 21 heavy (non-hydrogen) atoms. The first kappa shape index (κ1) is 15.5. The van der Waals surface area contributed by atoms with Crippen molar-refractivity contribution in [2.75, 3.05) is 13.2 Å². The maximum atomic E-state index is 12.4. The van der Waals surface area contributed by atoms with E-state index < -0.39 is 5.97 Å². The molecule has 0 spiro atoms. The van der Waals surface area contributed by atoms with Gasteiger partial charge in [0.2, 0.25) is 0 Å². The minimum Gasteiger partial charge on any atom is -0.478 e. The van der Waals surface area contributed by atoms with Gasteiger partial charge in [-0.25, -0.2) is 4.79 Å². The normalized spacial score (nSPS) is 18.3. The van der Waals surface area contributed by atoms with Gasteiger partial charge in [0.15, 0.2) is 0 Å². The third kappa shape index (κ3) is 3.61. The van der Waals surface area contributed by atoms with Crippen molar-refractivity contribution in [1.82, 2.24) is 5.32 Å². The molecule has 1 amide bonds. The van der Waals surface area contributed by atoms with Gasteiger partial charge in [-0.15, -0.1) is 0 Å². The van der Waals surface area contributed by atoms with Crippen LogP contribution >= 0.6 is 0 Å². The summed E-state index contributed by atoms with van der Waals surface area (Å²) in [4.78, 5) is 23.8. The molecular formula is C16H21NO4. The summed E-state index contributed by atoms with van der Waals surface area (Å²) in [5.41, 5.74) is 1.59. The van der Waals surface area contributed by atoms with Crippen LogP contribution in [0.2, 0.25) is 0 Å². The average molecular weight is 291 g/mol. The predicted octanol–water partition coefficient (Wildman–Crippen LogP) is 2.30. The van der Waals surface area contributed by atoms with E-state index in [1.807, 2.05) is 0 Å². The van der Waals surface area contributed by atoms with Gasteiger partial charge in [0.05, 0.1) is 17.2 Å². The highest BCUT2D eigenvalue weighted by Gasteiger charge is 2.22. The number of aryl methyl sites for hydroxylation is 2. The Morgan fingerprint density at radius 1 is 1.24 bits per heavy atom. The van der Waals surface area contributed by atoms with Gasteiger partial charge in [0.1, 0.15) is 0 Å². The number of carboxylic acid groups (broad SMARTS) is 1. The highest BCUT2D eigenvalue weighted by Crippen LogP contribution is 2.19. The van der Waals surface area contributed by atoms with Crippen LogP contribution in [-0.4, -0.2) is 36.2 Å². The number of nitrogens with one attached hydrogen (secondary N) is 1. The number of carbonyl (C=O) groups is 2. The van der Waals surface area contributed by atoms with Crippen molar-refractivity contribution < 1.29 is 19.4 Å². The largest absolute Gasteiger partial charge is 0.478 e. The fourth-order valence-electron chi connectivity index (χ4n) is 2.64. The van der Waals surface area contributed by atoms with Crippen molar-refractivity contribution in [2.45, 2.75) is 39.2 Å². The van der Waals surface area contributed by atoms with Gasteiger partial charge in [-0.3, -0.25) is 4.79 Å². The first-order valence-corrected chi connectivity index (χ1v) is 7.24. The lowest BCUT2D eigenvalue weighted by molar-refractivity contribution is 0.0169. The van der Waals surface area contributed by atoms with Crippen molar-refractivity contribution in [2.24, 2.45) is 0 Å². The molecule has 1 heterocycles. The number of aromatic carboxylic acids is 1. The molecule has 1 saturated heterocycles. The van der Waals surface area contributed by atoms with E-state index in [4.69, 9.17) is 4.74 Å². The molecule has 2 N–H and O–H groups in total. The summed E-state index contributed by atoms with van der Waals surface area (Å²) in [5.74, 6) is -1.42. The standard InChI is InChI=1S/C16H21NO4/c1-10-6-7-11(2)14(16(19)20)13(10)15(18)17-9-12-5-3-4-8-21-12/h6-7,12H,3-5,8-9H2,1-2H3,(H,17,18)(H,19,20). The number of hydrogen-bond donors (Lipinski definition) is 2. The van der Waals surface area contributed by atoms with Gasteiger partial charge in [0, 0.05) is 13.2 Å². The third-order valence-corrected chi connectivity index (χ3v) is 3.83. The van der Waals surface area contributed by atoms with Crippen molar-refractivity contribution in [3.63, 3.8) is 0 Å². The predicted molar refractivity (Wildman–Crippen MR) is 78.8 cm³/mol. The number of amides is 1. The Bertz CT molecular complexity index is 547. The van der Waals surface area contributed by atoms with Crippen LogP contribution < -0.4 is 5.32 Å². The summed E-state index contributed by atoms with van der Waals surface area (Å²) >= 11 is 0. The number of hydrogen-bond acceptors (Lipinski definition) is 3. The minimum atomic E-state index is -1.07. The van der Waals surface area contributed by atoms with Crippen LogP contribution in [0.25, 0.3) is 0 Å². The lowest BCUT2D eigenvalue weighted by atomic mass is 9.96. The van der Waals surface area contributed by atoms with E-state index in [1.165, 1.54) is 0 Å². The second-order valence-electron chi connectivity index (χ2n) is 5.45. The maximum absolute atomic E-state index is 12.4. The van der Waals surface area contributed by atoms with E-state index in [-0.39, 0.29) is 23.1 Å². The maximum Gasteiger partial charge on any atom is 0.336 e. The fourth-order valence-corrected chi connectivity index (χ4v) is 2.64. The molecule has 1 aliphatic rings. The van der Waals surface area contributed by atoms with Crippen LogP contribution in [0.3, 0.4) is 0 Å². The van der Waals surface area contributed by atoms with Crippen LogP contribution in [0.15, 0.2) is 12.1 Å². The van der Waals surface area contributed by atoms with E-state index in [2.05, 4.69) is 5.32 Å². The van der Waals surface area contributed by atoms with Crippen LogP contribution in [0.4, 0.5) is 0 Å². The van der Waals surface area contributed by atoms with Crippen molar-refractivity contribution in [1.29, 1.82) is 0 Å². The van der Waals surface area contributed by atoms with E-state index in [0.717, 1.165) is 25.9 Å². The number of carboxylic acids is 1. The zero-order valence-corrected chi connectivity index (χ0v) is 12.4. The molecule has 1 fully saturated rings. The Kier molecular flexibility index (Phi) is 4.96. The monoisotopic (exact) mass is 291 g/mol. The third-order valence-electron chi connectivity index (χ3n) is 3.83. The molecule has 1 aliphatic heterocycles. The van der Waals surface area contributed by atoms with Crippen LogP contribution in [0, 0.1) is 13.8 Å². The fraction of sp³-hybridized carbons (Fsp3) is 0.500. The molecule has 1 aromatic rings.